The van der Waals surface area contributed by atoms with E-state index in [4.69, 9.17) is 10.5 Å². The molecule has 1 heterocycles. The molecule has 0 bridgehead atoms. The lowest BCUT2D eigenvalue weighted by atomic mass is 10.2. The van der Waals surface area contributed by atoms with Gasteiger partial charge < -0.3 is 15.8 Å². The first-order valence-electron chi connectivity index (χ1n) is 6.33. The van der Waals surface area contributed by atoms with Crippen molar-refractivity contribution in [2.45, 2.75) is 19.8 Å². The van der Waals surface area contributed by atoms with Gasteiger partial charge in [-0.25, -0.2) is 4.98 Å². The molecule has 122 valence electrons. The van der Waals surface area contributed by atoms with Gasteiger partial charge in [-0.05, 0) is 31.0 Å². The van der Waals surface area contributed by atoms with Gasteiger partial charge in [0, 0.05) is 5.69 Å². The van der Waals surface area contributed by atoms with Crippen LogP contribution in [0.3, 0.4) is 0 Å². The number of aromatic nitrogens is 1. The molecule has 0 aliphatic rings. The fourth-order valence-corrected chi connectivity index (χ4v) is 2.66. The van der Waals surface area contributed by atoms with Gasteiger partial charge in [-0.2, -0.15) is 0 Å². The number of hydrogen-bond donors (Lipinski definition) is 2. The molecule has 0 aliphatic heterocycles. The quantitative estimate of drug-likeness (QED) is 0.792. The zero-order valence-corrected chi connectivity index (χ0v) is 14.7. The molecule has 8 heteroatoms. The van der Waals surface area contributed by atoms with Gasteiger partial charge in [-0.15, -0.1) is 36.2 Å². The standard InChI is InChI=1S/C14H17N3O2S.2ClH/c1-3-4-13-16-8-12(20-13)14(18)17-9-5-6-11(19-2)10(15)7-9;;/h5-8H,3-4,15H2,1-2H3,(H,17,18);2*1H. The van der Waals surface area contributed by atoms with Gasteiger partial charge in [-0.3, -0.25) is 4.79 Å². The van der Waals surface area contributed by atoms with Gasteiger partial charge in [-0.1, -0.05) is 6.92 Å². The van der Waals surface area contributed by atoms with E-state index >= 15 is 0 Å². The van der Waals surface area contributed by atoms with Crippen LogP contribution in [0.5, 0.6) is 5.75 Å². The number of aryl methyl sites for hydroxylation is 1. The number of benzene rings is 1. The summed E-state index contributed by atoms with van der Waals surface area (Å²) in [5.41, 5.74) is 6.93. The lowest BCUT2D eigenvalue weighted by Crippen LogP contribution is -2.10. The second kappa shape index (κ2) is 9.50. The highest BCUT2D eigenvalue weighted by molar-refractivity contribution is 7.13. The van der Waals surface area contributed by atoms with Gasteiger partial charge in [0.2, 0.25) is 0 Å². The predicted molar refractivity (Wildman–Crippen MR) is 96.0 cm³/mol. The molecule has 22 heavy (non-hydrogen) atoms. The lowest BCUT2D eigenvalue weighted by Gasteiger charge is -2.07. The summed E-state index contributed by atoms with van der Waals surface area (Å²) < 4.78 is 5.07. The first-order valence-corrected chi connectivity index (χ1v) is 7.15. The van der Waals surface area contributed by atoms with E-state index in [9.17, 15) is 4.79 Å². The Labute approximate surface area is 146 Å². The monoisotopic (exact) mass is 363 g/mol. The van der Waals surface area contributed by atoms with Crippen LogP contribution in [0, 0.1) is 0 Å². The van der Waals surface area contributed by atoms with Crippen molar-refractivity contribution in [1.82, 2.24) is 4.98 Å². The molecular formula is C14H19Cl2N3O2S. The number of amides is 1. The summed E-state index contributed by atoms with van der Waals surface area (Å²) in [5.74, 6) is 0.417. The number of nitrogens with one attached hydrogen (secondary N) is 1. The molecule has 2 aromatic rings. The maximum Gasteiger partial charge on any atom is 0.267 e. The molecule has 0 spiro atoms. The zero-order chi connectivity index (χ0) is 14.5. The molecule has 0 unspecified atom stereocenters. The van der Waals surface area contributed by atoms with Gasteiger partial charge >= 0.3 is 0 Å². The highest BCUT2D eigenvalue weighted by atomic mass is 35.5. The highest BCUT2D eigenvalue weighted by Crippen LogP contribution is 2.25. The highest BCUT2D eigenvalue weighted by Gasteiger charge is 2.11. The summed E-state index contributed by atoms with van der Waals surface area (Å²) in [4.78, 5) is 16.9. The van der Waals surface area contributed by atoms with Crippen LogP contribution in [-0.4, -0.2) is 18.0 Å². The van der Waals surface area contributed by atoms with Crippen LogP contribution in [-0.2, 0) is 6.42 Å². The van der Waals surface area contributed by atoms with Crippen LogP contribution in [0.1, 0.15) is 28.0 Å². The third kappa shape index (κ3) is 5.05. The Bertz CT molecular complexity index is 620. The summed E-state index contributed by atoms with van der Waals surface area (Å²) in [5, 5.41) is 3.78. The van der Waals surface area contributed by atoms with Crippen molar-refractivity contribution >= 4 is 53.4 Å². The lowest BCUT2D eigenvalue weighted by molar-refractivity contribution is 0.103. The van der Waals surface area contributed by atoms with Crippen LogP contribution in [0.2, 0.25) is 0 Å². The summed E-state index contributed by atoms with van der Waals surface area (Å²) >= 11 is 1.42. The van der Waals surface area contributed by atoms with E-state index in [0.717, 1.165) is 17.8 Å². The molecule has 1 aromatic heterocycles. The van der Waals surface area contributed by atoms with E-state index in [2.05, 4.69) is 17.2 Å². The Balaban J connectivity index is 0.00000220. The fourth-order valence-electron chi connectivity index (χ4n) is 1.75. The first-order chi connectivity index (χ1) is 9.63. The third-order valence-electron chi connectivity index (χ3n) is 2.73. The van der Waals surface area contributed by atoms with Crippen molar-refractivity contribution in [3.63, 3.8) is 0 Å². The molecule has 2 rings (SSSR count). The SMILES string of the molecule is CCCc1ncc(C(=O)Nc2ccc(OC)c(N)c2)s1.Cl.Cl. The molecule has 1 amide bonds. The van der Waals surface area contributed by atoms with E-state index in [0.29, 0.717) is 22.0 Å². The second-order valence-corrected chi connectivity index (χ2v) is 5.39. The van der Waals surface area contributed by atoms with E-state index < -0.39 is 0 Å². The number of methoxy groups -OCH3 is 1. The van der Waals surface area contributed by atoms with Crippen molar-refractivity contribution in [2.24, 2.45) is 0 Å². The summed E-state index contributed by atoms with van der Waals surface area (Å²) in [6, 6.07) is 5.14. The van der Waals surface area contributed by atoms with Crippen LogP contribution in [0.15, 0.2) is 24.4 Å². The third-order valence-corrected chi connectivity index (χ3v) is 3.78. The number of nitrogens with zero attached hydrogens (tertiary/aromatic N) is 1. The normalized spacial score (nSPS) is 9.36. The summed E-state index contributed by atoms with van der Waals surface area (Å²) in [6.07, 6.45) is 3.52. The van der Waals surface area contributed by atoms with Gasteiger partial charge in [0.15, 0.2) is 0 Å². The average Bonchev–Trinajstić information content (AvgIpc) is 2.88. The van der Waals surface area contributed by atoms with Crippen molar-refractivity contribution in [3.8, 4) is 5.75 Å². The van der Waals surface area contributed by atoms with Gasteiger partial charge in [0.05, 0.1) is 24.0 Å². The number of anilines is 2. The van der Waals surface area contributed by atoms with Crippen molar-refractivity contribution in [3.05, 3.63) is 34.3 Å². The number of ether oxygens (including phenoxy) is 1. The maximum atomic E-state index is 12.1. The summed E-state index contributed by atoms with van der Waals surface area (Å²) in [6.45, 7) is 2.08. The number of carbonyl (C=O) groups excluding carboxylic acids is 1. The Morgan fingerprint density at radius 2 is 2.14 bits per heavy atom. The Kier molecular flexibility index (Phi) is 8.86. The molecular weight excluding hydrogens is 345 g/mol. The molecule has 0 radical (unpaired) electrons. The first kappa shape index (κ1) is 20.5. The molecule has 1 aromatic carbocycles. The Hall–Kier alpha value is -1.50. The van der Waals surface area contributed by atoms with Crippen molar-refractivity contribution < 1.29 is 9.53 Å². The Morgan fingerprint density at radius 3 is 2.73 bits per heavy atom. The van der Waals surface area contributed by atoms with Crippen LogP contribution in [0.4, 0.5) is 11.4 Å². The number of rotatable bonds is 5. The number of nitrogens with two attached hydrogens (primary N) is 1. The van der Waals surface area contributed by atoms with Crippen molar-refractivity contribution in [1.29, 1.82) is 0 Å². The minimum Gasteiger partial charge on any atom is -0.495 e. The second-order valence-electron chi connectivity index (χ2n) is 4.28. The van der Waals surface area contributed by atoms with E-state index in [1.807, 2.05) is 0 Å². The van der Waals surface area contributed by atoms with Crippen molar-refractivity contribution in [2.75, 3.05) is 18.2 Å². The number of carbonyl (C=O) groups is 1. The van der Waals surface area contributed by atoms with Crippen LogP contribution in [0.25, 0.3) is 0 Å². The molecule has 3 N–H and O–H groups in total. The molecule has 0 atom stereocenters. The molecule has 0 saturated carbocycles. The Morgan fingerprint density at radius 1 is 1.41 bits per heavy atom. The average molecular weight is 364 g/mol. The largest absolute Gasteiger partial charge is 0.495 e. The van der Waals surface area contributed by atoms with Gasteiger partial charge in [0.1, 0.15) is 10.6 Å². The predicted octanol–water partition coefficient (Wildman–Crippen LogP) is 3.78. The van der Waals surface area contributed by atoms with Crippen LogP contribution >= 0.6 is 36.2 Å². The van der Waals surface area contributed by atoms with E-state index in [-0.39, 0.29) is 30.7 Å². The van der Waals surface area contributed by atoms with E-state index in [1.54, 1.807) is 31.5 Å². The number of halogens is 2. The molecule has 0 fully saturated rings. The number of nitrogen functional groups attached to an aromatic ring is 1. The summed E-state index contributed by atoms with van der Waals surface area (Å²) in [7, 11) is 1.55. The number of hydrogen-bond acceptors (Lipinski definition) is 5. The van der Waals surface area contributed by atoms with E-state index in [1.165, 1.54) is 11.3 Å². The molecule has 0 saturated heterocycles. The van der Waals surface area contributed by atoms with Gasteiger partial charge in [0.25, 0.3) is 5.91 Å². The molecule has 0 aliphatic carbocycles. The number of thiazole rings is 1. The minimum absolute atomic E-state index is 0. The smallest absolute Gasteiger partial charge is 0.267 e. The maximum absolute atomic E-state index is 12.1. The van der Waals surface area contributed by atoms with Crippen LogP contribution < -0.4 is 15.8 Å². The minimum atomic E-state index is -0.172. The fraction of sp³-hybridized carbons (Fsp3) is 0.286. The topological polar surface area (TPSA) is 77.2 Å². The molecule has 5 nitrogen and oxygen atoms in total. The zero-order valence-electron chi connectivity index (χ0n) is 12.3.